The molecule has 2 aromatic rings. The molecular weight excluding hydrogens is 140 g/mol. The van der Waals surface area contributed by atoms with Crippen LogP contribution in [-0.2, 0) is 0 Å². The maximum Gasteiger partial charge on any atom is 0.148 e. The van der Waals surface area contributed by atoms with Gasteiger partial charge in [0.2, 0.25) is 0 Å². The minimum Gasteiger partial charge on any atom is -0.411 e. The van der Waals surface area contributed by atoms with Crippen molar-refractivity contribution in [1.82, 2.24) is 4.98 Å². The van der Waals surface area contributed by atoms with Crippen molar-refractivity contribution in [2.75, 3.05) is 0 Å². The molecule has 1 aromatic heterocycles. The van der Waals surface area contributed by atoms with Gasteiger partial charge in [-0.2, -0.15) is 5.90 Å². The van der Waals surface area contributed by atoms with Crippen LogP contribution in [0.2, 0.25) is 0 Å². The van der Waals surface area contributed by atoms with E-state index in [1.54, 1.807) is 0 Å². The van der Waals surface area contributed by atoms with Gasteiger partial charge >= 0.3 is 0 Å². The Morgan fingerprint density at radius 2 is 2.18 bits per heavy atom. The van der Waals surface area contributed by atoms with Crippen LogP contribution in [0.4, 0.5) is 0 Å². The molecule has 0 saturated heterocycles. The average Bonchev–Trinajstić information content (AvgIpc) is 2.50. The van der Waals surface area contributed by atoms with Crippen LogP contribution in [0.25, 0.3) is 10.9 Å². The molecular formula is C8H8N2O. The van der Waals surface area contributed by atoms with Gasteiger partial charge in [0.05, 0.1) is 0 Å². The summed E-state index contributed by atoms with van der Waals surface area (Å²) in [7, 11) is 0. The smallest absolute Gasteiger partial charge is 0.148 e. The minimum absolute atomic E-state index is 0.667. The van der Waals surface area contributed by atoms with Crippen LogP contribution in [0, 0.1) is 0 Å². The van der Waals surface area contributed by atoms with Gasteiger partial charge in [-0.3, -0.25) is 0 Å². The average molecular weight is 148 g/mol. The normalized spacial score (nSPS) is 10.3. The molecule has 1 heterocycles. The Kier molecular flexibility index (Phi) is 1.30. The third-order valence-corrected chi connectivity index (χ3v) is 1.66. The molecule has 3 nitrogen and oxygen atoms in total. The highest BCUT2D eigenvalue weighted by Crippen LogP contribution is 2.17. The second-order valence-corrected chi connectivity index (χ2v) is 2.34. The van der Waals surface area contributed by atoms with E-state index in [4.69, 9.17) is 5.90 Å². The van der Waals surface area contributed by atoms with Crippen molar-refractivity contribution in [2.24, 2.45) is 5.90 Å². The molecule has 3 heteroatoms. The highest BCUT2D eigenvalue weighted by atomic mass is 16.6. The number of H-pyrrole nitrogens is 1. The van der Waals surface area contributed by atoms with Crippen molar-refractivity contribution in [2.45, 2.75) is 0 Å². The minimum atomic E-state index is 0.667. The third-order valence-electron chi connectivity index (χ3n) is 1.66. The molecule has 0 aliphatic rings. The largest absolute Gasteiger partial charge is 0.411 e. The van der Waals surface area contributed by atoms with Gasteiger partial charge in [-0.05, 0) is 23.6 Å². The highest BCUT2D eigenvalue weighted by Gasteiger charge is 1.95. The standard InChI is InChI=1S/C8H8N2O/c9-11-7-2-1-6-3-4-10-8(6)5-7/h1-5,10H,9H2. The molecule has 11 heavy (non-hydrogen) atoms. The van der Waals surface area contributed by atoms with Gasteiger partial charge in [0.1, 0.15) is 5.75 Å². The quantitative estimate of drug-likeness (QED) is 0.601. The van der Waals surface area contributed by atoms with Crippen LogP contribution in [0.3, 0.4) is 0 Å². The van der Waals surface area contributed by atoms with Crippen LogP contribution in [0.5, 0.6) is 5.75 Å². The predicted octanol–water partition coefficient (Wildman–Crippen LogP) is 1.42. The molecule has 0 atom stereocenters. The van der Waals surface area contributed by atoms with Crippen LogP contribution in [0.1, 0.15) is 0 Å². The number of nitrogens with two attached hydrogens (primary N) is 1. The lowest BCUT2D eigenvalue weighted by Crippen LogP contribution is -2.00. The first-order chi connectivity index (χ1) is 5.40. The van der Waals surface area contributed by atoms with E-state index in [0.29, 0.717) is 5.75 Å². The van der Waals surface area contributed by atoms with Crippen LogP contribution in [-0.4, -0.2) is 4.98 Å². The van der Waals surface area contributed by atoms with Crippen LogP contribution < -0.4 is 10.7 Å². The molecule has 0 aliphatic heterocycles. The molecule has 0 aliphatic carbocycles. The van der Waals surface area contributed by atoms with Crippen LogP contribution >= 0.6 is 0 Å². The zero-order valence-electron chi connectivity index (χ0n) is 5.87. The number of nitrogens with one attached hydrogen (secondary N) is 1. The first-order valence-corrected chi connectivity index (χ1v) is 3.34. The van der Waals surface area contributed by atoms with E-state index in [2.05, 4.69) is 9.82 Å². The predicted molar refractivity (Wildman–Crippen MR) is 43.1 cm³/mol. The first-order valence-electron chi connectivity index (χ1n) is 3.34. The topological polar surface area (TPSA) is 51.0 Å². The zero-order valence-corrected chi connectivity index (χ0v) is 5.87. The summed E-state index contributed by atoms with van der Waals surface area (Å²) in [4.78, 5) is 7.63. The Labute approximate surface area is 63.7 Å². The van der Waals surface area contributed by atoms with E-state index in [1.807, 2.05) is 30.5 Å². The van der Waals surface area contributed by atoms with Crippen molar-refractivity contribution in [1.29, 1.82) is 0 Å². The molecule has 0 amide bonds. The van der Waals surface area contributed by atoms with Crippen molar-refractivity contribution in [3.63, 3.8) is 0 Å². The van der Waals surface area contributed by atoms with Gasteiger partial charge in [-0.15, -0.1) is 0 Å². The van der Waals surface area contributed by atoms with Gasteiger partial charge < -0.3 is 9.82 Å². The number of benzene rings is 1. The Hall–Kier alpha value is -1.48. The molecule has 0 spiro atoms. The van der Waals surface area contributed by atoms with Crippen molar-refractivity contribution in [3.8, 4) is 5.75 Å². The summed E-state index contributed by atoms with van der Waals surface area (Å²) in [6, 6.07) is 7.63. The number of aromatic amines is 1. The monoisotopic (exact) mass is 148 g/mol. The number of hydrogen-bond acceptors (Lipinski definition) is 2. The Morgan fingerprint density at radius 3 is 3.00 bits per heavy atom. The number of hydrogen-bond donors (Lipinski definition) is 2. The van der Waals surface area contributed by atoms with E-state index in [-0.39, 0.29) is 0 Å². The molecule has 2 rings (SSSR count). The van der Waals surface area contributed by atoms with Gasteiger partial charge in [0.15, 0.2) is 0 Å². The third kappa shape index (κ3) is 0.951. The van der Waals surface area contributed by atoms with E-state index in [1.165, 1.54) is 0 Å². The molecule has 0 fully saturated rings. The summed E-state index contributed by atoms with van der Waals surface area (Å²) in [6.45, 7) is 0. The fourth-order valence-corrected chi connectivity index (χ4v) is 1.10. The molecule has 3 N–H and O–H groups in total. The summed E-state index contributed by atoms with van der Waals surface area (Å²) in [5.41, 5.74) is 1.04. The number of fused-ring (bicyclic) bond motifs is 1. The molecule has 0 bridgehead atoms. The second kappa shape index (κ2) is 2.29. The maximum absolute atomic E-state index is 5.00. The number of rotatable bonds is 1. The maximum atomic E-state index is 5.00. The Morgan fingerprint density at radius 1 is 1.27 bits per heavy atom. The van der Waals surface area contributed by atoms with Crippen molar-refractivity contribution in [3.05, 3.63) is 30.5 Å². The summed E-state index contributed by atoms with van der Waals surface area (Å²) in [6.07, 6.45) is 1.88. The Bertz CT molecular complexity index is 367. The van der Waals surface area contributed by atoms with Crippen LogP contribution in [0.15, 0.2) is 30.5 Å². The lowest BCUT2D eigenvalue weighted by atomic mass is 10.2. The summed E-state index contributed by atoms with van der Waals surface area (Å²) >= 11 is 0. The van der Waals surface area contributed by atoms with Gasteiger partial charge in [0.25, 0.3) is 0 Å². The zero-order chi connectivity index (χ0) is 7.68. The van der Waals surface area contributed by atoms with E-state index < -0.39 is 0 Å². The van der Waals surface area contributed by atoms with E-state index in [0.717, 1.165) is 10.9 Å². The summed E-state index contributed by atoms with van der Waals surface area (Å²) < 4.78 is 0. The van der Waals surface area contributed by atoms with E-state index >= 15 is 0 Å². The van der Waals surface area contributed by atoms with Gasteiger partial charge in [-0.25, -0.2) is 0 Å². The molecule has 0 radical (unpaired) electrons. The van der Waals surface area contributed by atoms with E-state index in [9.17, 15) is 0 Å². The van der Waals surface area contributed by atoms with Crippen molar-refractivity contribution < 1.29 is 4.84 Å². The van der Waals surface area contributed by atoms with Gasteiger partial charge in [-0.1, -0.05) is 0 Å². The Balaban J connectivity index is 2.67. The molecule has 0 saturated carbocycles. The highest BCUT2D eigenvalue weighted by molar-refractivity contribution is 5.80. The molecule has 1 aromatic carbocycles. The SMILES string of the molecule is NOc1ccc2cc[nH]c2c1. The van der Waals surface area contributed by atoms with Gasteiger partial charge in [0, 0.05) is 17.8 Å². The number of aromatic nitrogens is 1. The molecule has 0 unspecified atom stereocenters. The fourth-order valence-electron chi connectivity index (χ4n) is 1.10. The summed E-state index contributed by atoms with van der Waals surface area (Å²) in [5.74, 6) is 5.66. The summed E-state index contributed by atoms with van der Waals surface area (Å²) in [5, 5.41) is 1.16. The lowest BCUT2D eigenvalue weighted by Gasteiger charge is -1.96. The second-order valence-electron chi connectivity index (χ2n) is 2.34. The van der Waals surface area contributed by atoms with Crippen molar-refractivity contribution >= 4 is 10.9 Å². The fraction of sp³-hybridized carbons (Fsp3) is 0. The molecule has 56 valence electrons. The lowest BCUT2D eigenvalue weighted by molar-refractivity contribution is 0.335. The first kappa shape index (κ1) is 6.24.